The van der Waals surface area contributed by atoms with E-state index in [4.69, 9.17) is 0 Å². The van der Waals surface area contributed by atoms with Crippen LogP contribution in [-0.4, -0.2) is 23.1 Å². The third-order valence-corrected chi connectivity index (χ3v) is 3.18. The number of hydrogen-bond acceptors (Lipinski definition) is 2. The topological polar surface area (TPSA) is 37.4 Å². The zero-order valence-electron chi connectivity index (χ0n) is 8.78. The van der Waals surface area contributed by atoms with Crippen molar-refractivity contribution in [2.75, 3.05) is 6.54 Å². The number of likely N-dealkylation sites (tertiary alicyclic amines) is 1. The molecule has 0 unspecified atom stereocenters. The van der Waals surface area contributed by atoms with Gasteiger partial charge in [0.05, 0.1) is 6.42 Å². The Morgan fingerprint density at radius 1 is 1.19 bits per heavy atom. The minimum Gasteiger partial charge on any atom is -0.338 e. The predicted octanol–water partition coefficient (Wildman–Crippen LogP) is 2.14. The number of benzene rings is 1. The summed E-state index contributed by atoms with van der Waals surface area (Å²) in [5.41, 5.74) is 1.09. The molecular formula is C12H12BrNO2. The number of carbonyl (C=O) groups is 2. The first-order valence-corrected chi connectivity index (χ1v) is 5.98. The van der Waals surface area contributed by atoms with Crippen molar-refractivity contribution in [3.8, 4) is 0 Å². The van der Waals surface area contributed by atoms with Crippen molar-refractivity contribution >= 4 is 27.6 Å². The Balaban J connectivity index is 2.02. The maximum Gasteiger partial charge on any atom is 0.230 e. The van der Waals surface area contributed by atoms with Crippen LogP contribution in [0.2, 0.25) is 0 Å². The molecule has 0 spiro atoms. The van der Waals surface area contributed by atoms with E-state index in [-0.39, 0.29) is 18.1 Å². The van der Waals surface area contributed by atoms with Crippen LogP contribution in [0, 0.1) is 0 Å². The summed E-state index contributed by atoms with van der Waals surface area (Å²) in [7, 11) is 0. The van der Waals surface area contributed by atoms with E-state index in [1.807, 2.05) is 24.3 Å². The predicted molar refractivity (Wildman–Crippen MR) is 63.8 cm³/mol. The number of Topliss-reactive ketones (excluding diaryl/α,β-unsaturated/α-hetero) is 1. The number of nitrogens with zero attached hydrogens (tertiary/aromatic N) is 1. The van der Waals surface area contributed by atoms with E-state index in [0.29, 0.717) is 19.5 Å². The molecule has 0 aromatic heterocycles. The number of piperidine rings is 1. The lowest BCUT2D eigenvalue weighted by atomic mass is 10.1. The van der Waals surface area contributed by atoms with Crippen molar-refractivity contribution in [3.63, 3.8) is 0 Å². The normalized spacial score (nSPS) is 16.7. The smallest absolute Gasteiger partial charge is 0.230 e. The quantitative estimate of drug-likeness (QED) is 0.779. The minimum atomic E-state index is -0.0563. The second-order valence-corrected chi connectivity index (χ2v) is 4.82. The summed E-state index contributed by atoms with van der Waals surface area (Å²) in [6.45, 7) is 1.15. The van der Waals surface area contributed by atoms with E-state index in [1.54, 1.807) is 4.90 Å². The summed E-state index contributed by atoms with van der Waals surface area (Å²) in [4.78, 5) is 24.4. The van der Waals surface area contributed by atoms with Crippen molar-refractivity contribution < 1.29 is 9.59 Å². The average Bonchev–Trinajstić information content (AvgIpc) is 2.25. The van der Waals surface area contributed by atoms with Gasteiger partial charge in [0, 0.05) is 24.0 Å². The molecule has 0 N–H and O–H groups in total. The van der Waals surface area contributed by atoms with Crippen molar-refractivity contribution in [1.82, 2.24) is 4.90 Å². The van der Waals surface area contributed by atoms with Gasteiger partial charge in [0.15, 0.2) is 0 Å². The molecule has 4 heteroatoms. The Hall–Kier alpha value is -1.16. The van der Waals surface area contributed by atoms with E-state index < -0.39 is 0 Å². The van der Waals surface area contributed by atoms with Crippen molar-refractivity contribution in [2.24, 2.45) is 0 Å². The van der Waals surface area contributed by atoms with Gasteiger partial charge >= 0.3 is 0 Å². The van der Waals surface area contributed by atoms with Crippen molar-refractivity contribution in [1.29, 1.82) is 0 Å². The van der Waals surface area contributed by atoms with Crippen LogP contribution in [0.5, 0.6) is 0 Å². The van der Waals surface area contributed by atoms with E-state index in [2.05, 4.69) is 15.9 Å². The second kappa shape index (κ2) is 4.78. The largest absolute Gasteiger partial charge is 0.338 e. The molecule has 16 heavy (non-hydrogen) atoms. The third-order valence-electron chi connectivity index (χ3n) is 2.65. The van der Waals surface area contributed by atoms with Gasteiger partial charge in [-0.25, -0.2) is 0 Å². The summed E-state index contributed by atoms with van der Waals surface area (Å²) in [5.74, 6) is -0.00350. The van der Waals surface area contributed by atoms with Crippen LogP contribution in [0.3, 0.4) is 0 Å². The third kappa shape index (κ3) is 2.70. The molecule has 1 aliphatic rings. The van der Waals surface area contributed by atoms with Gasteiger partial charge in [0.1, 0.15) is 5.78 Å². The molecule has 1 heterocycles. The van der Waals surface area contributed by atoms with Gasteiger partial charge in [-0.2, -0.15) is 0 Å². The standard InChI is InChI=1S/C12H12BrNO2/c13-10-3-1-9(2-4-10)8-14-6-5-11(15)7-12(14)16/h1-4H,5-8H2. The summed E-state index contributed by atoms with van der Waals surface area (Å²) in [5, 5.41) is 0. The zero-order chi connectivity index (χ0) is 11.5. The van der Waals surface area contributed by atoms with Crippen LogP contribution in [0.1, 0.15) is 18.4 Å². The monoisotopic (exact) mass is 281 g/mol. The Bertz CT molecular complexity index is 414. The zero-order valence-corrected chi connectivity index (χ0v) is 10.4. The highest BCUT2D eigenvalue weighted by molar-refractivity contribution is 9.10. The summed E-state index contributed by atoms with van der Waals surface area (Å²) >= 11 is 3.37. The number of ketones is 1. The number of hydrogen-bond donors (Lipinski definition) is 0. The molecule has 0 saturated carbocycles. The van der Waals surface area contributed by atoms with Crippen LogP contribution in [-0.2, 0) is 16.1 Å². The molecule has 1 aliphatic heterocycles. The molecule has 0 aliphatic carbocycles. The lowest BCUT2D eigenvalue weighted by Crippen LogP contribution is -2.38. The Kier molecular flexibility index (Phi) is 3.39. The van der Waals surface area contributed by atoms with E-state index in [9.17, 15) is 9.59 Å². The maximum absolute atomic E-state index is 11.6. The molecule has 1 saturated heterocycles. The molecule has 1 amide bonds. The molecular weight excluding hydrogens is 270 g/mol. The highest BCUT2D eigenvalue weighted by Crippen LogP contribution is 2.15. The molecule has 0 bridgehead atoms. The van der Waals surface area contributed by atoms with Crippen LogP contribution in [0.15, 0.2) is 28.7 Å². The fourth-order valence-corrected chi connectivity index (χ4v) is 1.99. The number of halogens is 1. The van der Waals surface area contributed by atoms with Gasteiger partial charge in [-0.05, 0) is 17.7 Å². The second-order valence-electron chi connectivity index (χ2n) is 3.91. The number of rotatable bonds is 2. The van der Waals surface area contributed by atoms with Gasteiger partial charge < -0.3 is 4.90 Å². The van der Waals surface area contributed by atoms with Gasteiger partial charge in [-0.15, -0.1) is 0 Å². The minimum absolute atomic E-state index is 0.0528. The lowest BCUT2D eigenvalue weighted by molar-refractivity contribution is -0.139. The first-order chi connectivity index (χ1) is 7.65. The first-order valence-electron chi connectivity index (χ1n) is 5.19. The van der Waals surface area contributed by atoms with Gasteiger partial charge in [0.2, 0.25) is 5.91 Å². The van der Waals surface area contributed by atoms with Gasteiger partial charge in [-0.3, -0.25) is 9.59 Å². The number of carbonyl (C=O) groups excluding carboxylic acids is 2. The van der Waals surface area contributed by atoms with E-state index >= 15 is 0 Å². The van der Waals surface area contributed by atoms with Gasteiger partial charge in [-0.1, -0.05) is 28.1 Å². The Morgan fingerprint density at radius 2 is 1.88 bits per heavy atom. The van der Waals surface area contributed by atoms with E-state index in [1.165, 1.54) is 0 Å². The highest BCUT2D eigenvalue weighted by Gasteiger charge is 2.23. The molecule has 3 nitrogen and oxygen atoms in total. The molecule has 1 aromatic rings. The van der Waals surface area contributed by atoms with Crippen LogP contribution < -0.4 is 0 Å². The van der Waals surface area contributed by atoms with Crippen molar-refractivity contribution in [3.05, 3.63) is 34.3 Å². The average molecular weight is 282 g/mol. The molecule has 0 radical (unpaired) electrons. The summed E-state index contributed by atoms with van der Waals surface area (Å²) in [6.07, 6.45) is 0.554. The number of amides is 1. The van der Waals surface area contributed by atoms with Crippen LogP contribution in [0.25, 0.3) is 0 Å². The lowest BCUT2D eigenvalue weighted by Gasteiger charge is -2.26. The van der Waals surface area contributed by atoms with Crippen LogP contribution >= 0.6 is 15.9 Å². The summed E-state index contributed by atoms with van der Waals surface area (Å²) in [6, 6.07) is 7.87. The Morgan fingerprint density at radius 3 is 2.50 bits per heavy atom. The first kappa shape index (κ1) is 11.3. The Labute approximate surface area is 103 Å². The highest BCUT2D eigenvalue weighted by atomic mass is 79.9. The molecule has 1 aromatic carbocycles. The SMILES string of the molecule is O=C1CCN(Cc2ccc(Br)cc2)C(=O)C1. The molecule has 2 rings (SSSR count). The van der Waals surface area contributed by atoms with Crippen LogP contribution in [0.4, 0.5) is 0 Å². The fourth-order valence-electron chi connectivity index (χ4n) is 1.73. The fraction of sp³-hybridized carbons (Fsp3) is 0.333. The van der Waals surface area contributed by atoms with E-state index in [0.717, 1.165) is 10.0 Å². The van der Waals surface area contributed by atoms with Crippen molar-refractivity contribution in [2.45, 2.75) is 19.4 Å². The van der Waals surface area contributed by atoms with Gasteiger partial charge in [0.25, 0.3) is 0 Å². The molecule has 0 atom stereocenters. The molecule has 84 valence electrons. The summed E-state index contributed by atoms with van der Waals surface area (Å²) < 4.78 is 1.02. The maximum atomic E-state index is 11.6. The molecule has 1 fully saturated rings.